The van der Waals surface area contributed by atoms with Crippen molar-refractivity contribution >= 4 is 28.3 Å². The zero-order valence-corrected chi connectivity index (χ0v) is 17.4. The molecule has 158 valence electrons. The normalized spacial score (nSPS) is 18.4. The van der Waals surface area contributed by atoms with E-state index in [1.165, 1.54) is 4.90 Å². The van der Waals surface area contributed by atoms with Gasteiger partial charge in [0.2, 0.25) is 6.79 Å². The van der Waals surface area contributed by atoms with E-state index in [0.717, 1.165) is 16.5 Å². The number of para-hydroxylation sites is 1. The molecule has 3 heterocycles. The molecule has 0 saturated carbocycles. The first-order chi connectivity index (χ1) is 14.8. The number of hydrogen-bond acceptors (Lipinski definition) is 5. The van der Waals surface area contributed by atoms with Gasteiger partial charge in [-0.1, -0.05) is 39.0 Å². The van der Waals surface area contributed by atoms with Gasteiger partial charge in [0.15, 0.2) is 23.0 Å². The number of nitrogens with one attached hydrogen (secondary N) is 1. The lowest BCUT2D eigenvalue weighted by atomic mass is 9.82. The number of fused-ring (bicyclic) bond motifs is 2. The van der Waals surface area contributed by atoms with Crippen LogP contribution in [0.3, 0.4) is 0 Å². The second-order valence-corrected chi connectivity index (χ2v) is 8.75. The molecule has 7 heteroatoms. The first kappa shape index (κ1) is 19.2. The quantitative estimate of drug-likeness (QED) is 0.657. The Morgan fingerprint density at radius 3 is 2.65 bits per heavy atom. The molecule has 0 spiro atoms. The van der Waals surface area contributed by atoms with Gasteiger partial charge in [0, 0.05) is 39.8 Å². The average Bonchev–Trinajstić information content (AvgIpc) is 3.43. The number of ether oxygens (including phenoxy) is 2. The molecule has 0 radical (unpaired) electrons. The number of carbonyl (C=O) groups excluding carboxylic acids is 2. The molecule has 0 aliphatic carbocycles. The molecule has 1 unspecified atom stereocenters. The number of H-pyrrole nitrogens is 1. The molecule has 1 aromatic heterocycles. The summed E-state index contributed by atoms with van der Waals surface area (Å²) in [5.41, 5.74) is 1.44. The highest BCUT2D eigenvalue weighted by molar-refractivity contribution is 6.18. The number of anilines is 1. The molecule has 2 aliphatic heterocycles. The molecule has 3 aromatic rings. The lowest BCUT2D eigenvalue weighted by molar-refractivity contribution is -0.123. The molecular weight excluding hydrogens is 396 g/mol. The highest BCUT2D eigenvalue weighted by Crippen LogP contribution is 2.47. The number of amides is 1. The molecule has 0 fully saturated rings. The summed E-state index contributed by atoms with van der Waals surface area (Å²) in [5, 5.41) is 11.7. The second kappa shape index (κ2) is 6.63. The third kappa shape index (κ3) is 2.88. The van der Waals surface area contributed by atoms with Crippen molar-refractivity contribution in [2.45, 2.75) is 26.8 Å². The molecular formula is C24H22N2O5. The number of hydrogen-bond donors (Lipinski definition) is 2. The molecule has 2 aliphatic rings. The van der Waals surface area contributed by atoms with Crippen LogP contribution >= 0.6 is 0 Å². The van der Waals surface area contributed by atoms with Crippen LogP contribution in [-0.4, -0.2) is 28.6 Å². The summed E-state index contributed by atoms with van der Waals surface area (Å²) >= 11 is 0. The minimum Gasteiger partial charge on any atom is -0.503 e. The van der Waals surface area contributed by atoms with E-state index in [2.05, 4.69) is 4.98 Å². The molecule has 1 amide bonds. The monoisotopic (exact) mass is 418 g/mol. The zero-order valence-electron chi connectivity index (χ0n) is 17.4. The van der Waals surface area contributed by atoms with Crippen LogP contribution in [0, 0.1) is 5.41 Å². The van der Waals surface area contributed by atoms with E-state index in [1.54, 1.807) is 45.2 Å². The Bertz CT molecular complexity index is 1260. The van der Waals surface area contributed by atoms with Crippen molar-refractivity contribution < 1.29 is 24.2 Å². The molecule has 2 aromatic carbocycles. The van der Waals surface area contributed by atoms with Crippen molar-refractivity contribution in [2.75, 3.05) is 11.7 Å². The number of Topliss-reactive ketones (excluding diaryl/α,β-unsaturated/α-hetero) is 1. The molecule has 1 atom stereocenters. The van der Waals surface area contributed by atoms with Gasteiger partial charge in [0.05, 0.1) is 11.6 Å². The largest absolute Gasteiger partial charge is 0.503 e. The maximum Gasteiger partial charge on any atom is 0.294 e. The highest BCUT2D eigenvalue weighted by Gasteiger charge is 2.47. The van der Waals surface area contributed by atoms with Crippen molar-refractivity contribution in [1.82, 2.24) is 4.98 Å². The van der Waals surface area contributed by atoms with Gasteiger partial charge in [-0.3, -0.25) is 14.5 Å². The molecule has 2 N–H and O–H groups in total. The Hall–Kier alpha value is -3.74. The number of nitrogens with zero attached hydrogens (tertiary/aromatic N) is 1. The van der Waals surface area contributed by atoms with E-state index in [9.17, 15) is 14.7 Å². The third-order valence-electron chi connectivity index (χ3n) is 5.68. The Morgan fingerprint density at radius 1 is 1.13 bits per heavy atom. The van der Waals surface area contributed by atoms with E-state index in [0.29, 0.717) is 17.2 Å². The van der Waals surface area contributed by atoms with E-state index < -0.39 is 23.1 Å². The van der Waals surface area contributed by atoms with Crippen LogP contribution in [-0.2, 0) is 9.59 Å². The topological polar surface area (TPSA) is 91.9 Å². The van der Waals surface area contributed by atoms with Crippen LogP contribution in [0.15, 0.2) is 60.0 Å². The van der Waals surface area contributed by atoms with Crippen LogP contribution < -0.4 is 14.4 Å². The summed E-state index contributed by atoms with van der Waals surface area (Å²) in [6.45, 7) is 5.43. The summed E-state index contributed by atoms with van der Waals surface area (Å²) < 4.78 is 10.9. The van der Waals surface area contributed by atoms with Crippen LogP contribution in [0.5, 0.6) is 11.5 Å². The number of carbonyl (C=O) groups is 2. The van der Waals surface area contributed by atoms with Crippen molar-refractivity contribution in [1.29, 1.82) is 0 Å². The van der Waals surface area contributed by atoms with Crippen LogP contribution in [0.25, 0.3) is 10.9 Å². The predicted molar refractivity (Wildman–Crippen MR) is 115 cm³/mol. The molecule has 0 bridgehead atoms. The Balaban J connectivity index is 1.72. The summed E-state index contributed by atoms with van der Waals surface area (Å²) in [5.74, 6) is -0.327. The van der Waals surface area contributed by atoms with Gasteiger partial charge in [-0.25, -0.2) is 0 Å². The zero-order chi connectivity index (χ0) is 21.9. The van der Waals surface area contributed by atoms with Gasteiger partial charge in [0.1, 0.15) is 0 Å². The smallest absolute Gasteiger partial charge is 0.294 e. The van der Waals surface area contributed by atoms with Gasteiger partial charge < -0.3 is 19.6 Å². The SMILES string of the molecule is CC(C)(C)C(=O)C1=C(O)C(=O)N(c2ccc3c(c2)OCO3)C1c1c[nH]c2ccccc12. The lowest BCUT2D eigenvalue weighted by Gasteiger charge is -2.28. The highest BCUT2D eigenvalue weighted by atomic mass is 16.7. The Kier molecular flexibility index (Phi) is 4.12. The number of aromatic amines is 1. The Morgan fingerprint density at radius 2 is 1.87 bits per heavy atom. The van der Waals surface area contributed by atoms with Gasteiger partial charge in [-0.2, -0.15) is 0 Å². The van der Waals surface area contributed by atoms with Crippen molar-refractivity contribution in [3.8, 4) is 11.5 Å². The minimum atomic E-state index is -0.782. The fourth-order valence-corrected chi connectivity index (χ4v) is 4.16. The maximum absolute atomic E-state index is 13.4. The predicted octanol–water partition coefficient (Wildman–Crippen LogP) is 4.41. The number of rotatable bonds is 3. The van der Waals surface area contributed by atoms with Crippen molar-refractivity contribution in [3.05, 3.63) is 65.6 Å². The fourth-order valence-electron chi connectivity index (χ4n) is 4.16. The van der Waals surface area contributed by atoms with Crippen molar-refractivity contribution in [2.24, 2.45) is 5.41 Å². The lowest BCUT2D eigenvalue weighted by Crippen LogP contribution is -2.32. The second-order valence-electron chi connectivity index (χ2n) is 8.75. The summed E-state index contributed by atoms with van der Waals surface area (Å²) in [7, 11) is 0. The van der Waals surface area contributed by atoms with Gasteiger partial charge in [-0.05, 0) is 18.2 Å². The third-order valence-corrected chi connectivity index (χ3v) is 5.68. The number of ketones is 1. The summed E-state index contributed by atoms with van der Waals surface area (Å²) in [4.78, 5) is 31.3. The average molecular weight is 418 g/mol. The first-order valence-corrected chi connectivity index (χ1v) is 10.0. The van der Waals surface area contributed by atoms with Gasteiger partial charge in [-0.15, -0.1) is 0 Å². The summed E-state index contributed by atoms with van der Waals surface area (Å²) in [6, 6.07) is 12.0. The van der Waals surface area contributed by atoms with Gasteiger partial charge in [0.25, 0.3) is 5.91 Å². The Labute approximate surface area is 178 Å². The van der Waals surface area contributed by atoms with Gasteiger partial charge >= 0.3 is 0 Å². The molecule has 5 rings (SSSR count). The first-order valence-electron chi connectivity index (χ1n) is 10.0. The van der Waals surface area contributed by atoms with E-state index in [-0.39, 0.29) is 18.1 Å². The fraction of sp³-hybridized carbons (Fsp3) is 0.250. The number of aliphatic hydroxyl groups is 1. The summed E-state index contributed by atoms with van der Waals surface area (Å²) in [6.07, 6.45) is 1.79. The van der Waals surface area contributed by atoms with E-state index in [4.69, 9.17) is 9.47 Å². The minimum absolute atomic E-state index is 0.0971. The van der Waals surface area contributed by atoms with E-state index in [1.807, 2.05) is 24.3 Å². The van der Waals surface area contributed by atoms with Crippen LogP contribution in [0.2, 0.25) is 0 Å². The number of aromatic nitrogens is 1. The molecule has 31 heavy (non-hydrogen) atoms. The van der Waals surface area contributed by atoms with Crippen LogP contribution in [0.4, 0.5) is 5.69 Å². The number of aliphatic hydroxyl groups excluding tert-OH is 1. The number of benzene rings is 2. The molecule has 0 saturated heterocycles. The van der Waals surface area contributed by atoms with Crippen molar-refractivity contribution in [3.63, 3.8) is 0 Å². The maximum atomic E-state index is 13.4. The molecule has 7 nitrogen and oxygen atoms in total. The van der Waals surface area contributed by atoms with E-state index >= 15 is 0 Å². The standard InChI is InChI=1S/C24H22N2O5/c1-24(2,3)22(28)19-20(15-11-25-16-7-5-4-6-14(15)16)26(23(29)21(19)27)13-8-9-17-18(10-13)31-12-30-17/h4-11,20,25,27H,12H2,1-3H3. The van der Waals surface area contributed by atoms with Crippen LogP contribution in [0.1, 0.15) is 32.4 Å².